The van der Waals surface area contributed by atoms with Crippen molar-refractivity contribution in [2.45, 2.75) is 0 Å². The van der Waals surface area contributed by atoms with Gasteiger partial charge in [0, 0.05) is 22.2 Å². The van der Waals surface area contributed by atoms with Gasteiger partial charge in [-0.1, -0.05) is 54.5 Å². The van der Waals surface area contributed by atoms with Crippen LogP contribution < -0.4 is 10.1 Å². The second-order valence-electron chi connectivity index (χ2n) is 7.68. The van der Waals surface area contributed by atoms with Gasteiger partial charge in [0.15, 0.2) is 0 Å². The SMILES string of the molecule is COc1ccc(NC(=O)c2ccc3[nH]nc(C#Cc4ccccc4-c4ccccc4)c3c2)cc1. The Labute approximate surface area is 197 Å². The van der Waals surface area contributed by atoms with Crippen molar-refractivity contribution in [3.05, 3.63) is 114 Å². The number of amides is 1. The number of hydrogen-bond acceptors (Lipinski definition) is 3. The maximum atomic E-state index is 12.8. The van der Waals surface area contributed by atoms with E-state index in [-0.39, 0.29) is 5.91 Å². The number of nitrogens with one attached hydrogen (secondary N) is 2. The fourth-order valence-electron chi connectivity index (χ4n) is 3.72. The Kier molecular flexibility index (Phi) is 5.79. The molecule has 0 unspecified atom stereocenters. The van der Waals surface area contributed by atoms with Crippen LogP contribution in [0.25, 0.3) is 22.0 Å². The van der Waals surface area contributed by atoms with Crippen LogP contribution in [0.5, 0.6) is 5.75 Å². The highest BCUT2D eigenvalue weighted by Crippen LogP contribution is 2.23. The molecule has 0 radical (unpaired) electrons. The van der Waals surface area contributed by atoms with Crippen molar-refractivity contribution in [1.82, 2.24) is 10.2 Å². The Bertz CT molecular complexity index is 1530. The zero-order valence-corrected chi connectivity index (χ0v) is 18.5. The summed E-state index contributed by atoms with van der Waals surface area (Å²) < 4.78 is 5.16. The van der Waals surface area contributed by atoms with Crippen LogP contribution in [-0.2, 0) is 0 Å². The molecule has 5 aromatic rings. The molecule has 5 heteroatoms. The molecule has 2 N–H and O–H groups in total. The predicted octanol–water partition coefficient (Wildman–Crippen LogP) is 5.89. The minimum absolute atomic E-state index is 0.207. The van der Waals surface area contributed by atoms with E-state index in [0.29, 0.717) is 16.9 Å². The van der Waals surface area contributed by atoms with E-state index in [4.69, 9.17) is 4.74 Å². The number of aromatic nitrogens is 2. The lowest BCUT2D eigenvalue weighted by Crippen LogP contribution is -2.11. The summed E-state index contributed by atoms with van der Waals surface area (Å²) >= 11 is 0. The molecule has 34 heavy (non-hydrogen) atoms. The van der Waals surface area contributed by atoms with Crippen LogP contribution in [0, 0.1) is 11.8 Å². The molecule has 0 saturated heterocycles. The maximum absolute atomic E-state index is 12.8. The number of methoxy groups -OCH3 is 1. The minimum Gasteiger partial charge on any atom is -0.497 e. The Balaban J connectivity index is 1.44. The first-order chi connectivity index (χ1) is 16.7. The normalized spacial score (nSPS) is 10.4. The van der Waals surface area contributed by atoms with E-state index in [0.717, 1.165) is 33.3 Å². The maximum Gasteiger partial charge on any atom is 0.255 e. The number of hydrogen-bond donors (Lipinski definition) is 2. The van der Waals surface area contributed by atoms with Gasteiger partial charge >= 0.3 is 0 Å². The standard InChI is InChI=1S/C29H21N3O2/c1-34-24-15-13-23(14-16-24)30-29(33)22-12-18-28-26(19-22)27(31-32-28)17-11-21-9-5-6-10-25(21)20-7-3-2-4-8-20/h2-10,12-16,18-19H,1H3,(H,30,33)(H,31,32). The van der Waals surface area contributed by atoms with Gasteiger partial charge in [-0.05, 0) is 65.6 Å². The number of ether oxygens (including phenoxy) is 1. The lowest BCUT2D eigenvalue weighted by Gasteiger charge is -2.06. The van der Waals surface area contributed by atoms with Crippen molar-refractivity contribution in [3.63, 3.8) is 0 Å². The summed E-state index contributed by atoms with van der Waals surface area (Å²) in [6, 6.07) is 30.8. The minimum atomic E-state index is -0.207. The van der Waals surface area contributed by atoms with Crippen LogP contribution >= 0.6 is 0 Å². The molecule has 0 spiro atoms. The molecule has 0 bridgehead atoms. The number of nitrogens with zero attached hydrogens (tertiary/aromatic N) is 1. The number of H-pyrrole nitrogens is 1. The number of benzene rings is 4. The number of anilines is 1. The van der Waals surface area contributed by atoms with E-state index in [1.165, 1.54) is 0 Å². The highest BCUT2D eigenvalue weighted by atomic mass is 16.5. The van der Waals surface area contributed by atoms with E-state index >= 15 is 0 Å². The summed E-state index contributed by atoms with van der Waals surface area (Å²) in [5.41, 5.74) is 5.72. The van der Waals surface area contributed by atoms with Crippen LogP contribution in [0.1, 0.15) is 21.6 Å². The summed E-state index contributed by atoms with van der Waals surface area (Å²) in [5.74, 6) is 6.97. The van der Waals surface area contributed by atoms with Gasteiger partial charge in [-0.15, -0.1) is 0 Å². The summed E-state index contributed by atoms with van der Waals surface area (Å²) in [7, 11) is 1.61. The molecule has 4 aromatic carbocycles. The first kappa shape index (κ1) is 21.0. The van der Waals surface area contributed by atoms with E-state index in [1.807, 2.05) is 48.5 Å². The topological polar surface area (TPSA) is 67.0 Å². The van der Waals surface area contributed by atoms with Gasteiger partial charge in [0.05, 0.1) is 12.6 Å². The lowest BCUT2D eigenvalue weighted by molar-refractivity contribution is 0.102. The van der Waals surface area contributed by atoms with E-state index in [9.17, 15) is 4.79 Å². The zero-order valence-electron chi connectivity index (χ0n) is 18.5. The third-order valence-electron chi connectivity index (χ3n) is 5.50. The first-order valence-corrected chi connectivity index (χ1v) is 10.8. The molecule has 0 aliphatic rings. The largest absolute Gasteiger partial charge is 0.497 e. The van der Waals surface area contributed by atoms with Crippen LogP contribution in [0.4, 0.5) is 5.69 Å². The third kappa shape index (κ3) is 4.38. The van der Waals surface area contributed by atoms with Gasteiger partial charge in [0.1, 0.15) is 11.4 Å². The molecule has 0 atom stereocenters. The Morgan fingerprint density at radius 3 is 2.44 bits per heavy atom. The van der Waals surface area contributed by atoms with Gasteiger partial charge in [0.2, 0.25) is 0 Å². The molecular formula is C29H21N3O2. The van der Waals surface area contributed by atoms with Crippen molar-refractivity contribution >= 4 is 22.5 Å². The van der Waals surface area contributed by atoms with Crippen molar-refractivity contribution in [1.29, 1.82) is 0 Å². The molecular weight excluding hydrogens is 422 g/mol. The number of carbonyl (C=O) groups is 1. The highest BCUT2D eigenvalue weighted by molar-refractivity contribution is 6.06. The number of carbonyl (C=O) groups excluding carboxylic acids is 1. The molecule has 5 nitrogen and oxygen atoms in total. The Morgan fingerprint density at radius 2 is 1.65 bits per heavy atom. The zero-order chi connectivity index (χ0) is 23.3. The predicted molar refractivity (Wildman–Crippen MR) is 135 cm³/mol. The number of rotatable bonds is 4. The monoisotopic (exact) mass is 443 g/mol. The molecule has 1 heterocycles. The Hall–Kier alpha value is -4.82. The number of fused-ring (bicyclic) bond motifs is 1. The van der Waals surface area contributed by atoms with Crippen LogP contribution in [0.2, 0.25) is 0 Å². The second kappa shape index (κ2) is 9.35. The van der Waals surface area contributed by atoms with Crippen molar-refractivity contribution in [2.24, 2.45) is 0 Å². The quantitative estimate of drug-likeness (QED) is 0.340. The first-order valence-electron chi connectivity index (χ1n) is 10.8. The van der Waals surface area contributed by atoms with Crippen molar-refractivity contribution in [2.75, 3.05) is 12.4 Å². The van der Waals surface area contributed by atoms with E-state index in [1.54, 1.807) is 37.4 Å². The van der Waals surface area contributed by atoms with Crippen LogP contribution in [-0.4, -0.2) is 23.2 Å². The van der Waals surface area contributed by atoms with Crippen LogP contribution in [0.3, 0.4) is 0 Å². The summed E-state index contributed by atoms with van der Waals surface area (Å²) in [6.45, 7) is 0. The average Bonchev–Trinajstić information content (AvgIpc) is 3.31. The van der Waals surface area contributed by atoms with Crippen LogP contribution in [0.15, 0.2) is 97.1 Å². The molecule has 0 fully saturated rings. The van der Waals surface area contributed by atoms with Gasteiger partial charge in [-0.2, -0.15) is 5.10 Å². The molecule has 0 saturated carbocycles. The summed E-state index contributed by atoms with van der Waals surface area (Å²) in [6.07, 6.45) is 0. The molecule has 164 valence electrons. The molecule has 1 amide bonds. The summed E-state index contributed by atoms with van der Waals surface area (Å²) in [5, 5.41) is 11.1. The van der Waals surface area contributed by atoms with E-state index in [2.05, 4.69) is 45.6 Å². The second-order valence-corrected chi connectivity index (χ2v) is 7.68. The highest BCUT2D eigenvalue weighted by Gasteiger charge is 2.11. The van der Waals surface area contributed by atoms with Gasteiger partial charge < -0.3 is 10.1 Å². The molecule has 0 aliphatic heterocycles. The van der Waals surface area contributed by atoms with E-state index < -0.39 is 0 Å². The lowest BCUT2D eigenvalue weighted by atomic mass is 10.00. The van der Waals surface area contributed by atoms with Gasteiger partial charge in [-0.3, -0.25) is 9.89 Å². The van der Waals surface area contributed by atoms with Crippen molar-refractivity contribution in [3.8, 4) is 28.7 Å². The van der Waals surface area contributed by atoms with Gasteiger partial charge in [0.25, 0.3) is 5.91 Å². The fraction of sp³-hybridized carbons (Fsp3) is 0.0345. The molecule has 1 aromatic heterocycles. The smallest absolute Gasteiger partial charge is 0.255 e. The summed E-state index contributed by atoms with van der Waals surface area (Å²) in [4.78, 5) is 12.8. The fourth-order valence-corrected chi connectivity index (χ4v) is 3.72. The Morgan fingerprint density at radius 1 is 0.882 bits per heavy atom. The third-order valence-corrected chi connectivity index (χ3v) is 5.50. The van der Waals surface area contributed by atoms with Crippen molar-refractivity contribution < 1.29 is 9.53 Å². The average molecular weight is 444 g/mol. The molecule has 5 rings (SSSR count). The molecule has 0 aliphatic carbocycles. The van der Waals surface area contributed by atoms with Gasteiger partial charge in [-0.25, -0.2) is 0 Å². The number of aromatic amines is 1.